The van der Waals surface area contributed by atoms with Gasteiger partial charge in [-0.1, -0.05) is 12.1 Å². The Hall–Kier alpha value is -3.07. The van der Waals surface area contributed by atoms with Crippen molar-refractivity contribution in [3.05, 3.63) is 62.6 Å². The molecule has 1 aromatic carbocycles. The Morgan fingerprint density at radius 2 is 1.93 bits per heavy atom. The van der Waals surface area contributed by atoms with E-state index in [0.29, 0.717) is 24.1 Å². The monoisotopic (exact) mass is 367 g/mol. The lowest BCUT2D eigenvalue weighted by Crippen LogP contribution is -2.30. The molecule has 0 radical (unpaired) electrons. The normalized spacial score (nSPS) is 11.6. The molecule has 0 saturated heterocycles. The highest BCUT2D eigenvalue weighted by molar-refractivity contribution is 5.76. The molecule has 2 rings (SSSR count). The predicted octanol–water partition coefficient (Wildman–Crippen LogP) is 3.02. The Labute approximate surface area is 159 Å². The van der Waals surface area contributed by atoms with E-state index < -0.39 is 0 Å². The van der Waals surface area contributed by atoms with Crippen LogP contribution in [0.2, 0.25) is 0 Å². The summed E-state index contributed by atoms with van der Waals surface area (Å²) in [6.07, 6.45) is 0.775. The van der Waals surface area contributed by atoms with Crippen LogP contribution in [0.4, 0.5) is 0 Å². The maximum atomic E-state index is 12.7. The summed E-state index contributed by atoms with van der Waals surface area (Å²) in [4.78, 5) is 28.9. The molecule has 0 aliphatic rings. The van der Waals surface area contributed by atoms with Gasteiger partial charge < -0.3 is 14.6 Å². The van der Waals surface area contributed by atoms with Crippen molar-refractivity contribution in [1.29, 1.82) is 5.26 Å². The van der Waals surface area contributed by atoms with Crippen LogP contribution in [0.25, 0.3) is 0 Å². The van der Waals surface area contributed by atoms with Gasteiger partial charge in [0.2, 0.25) is 5.91 Å². The predicted molar refractivity (Wildman–Crippen MR) is 104 cm³/mol. The van der Waals surface area contributed by atoms with E-state index in [1.165, 1.54) is 0 Å². The van der Waals surface area contributed by atoms with Gasteiger partial charge in [-0.05, 0) is 56.0 Å². The third kappa shape index (κ3) is 4.37. The molecule has 0 aliphatic heterocycles. The molecule has 1 N–H and O–H groups in total. The van der Waals surface area contributed by atoms with Crippen LogP contribution in [0, 0.1) is 25.2 Å². The number of aromatic amines is 1. The largest absolute Gasteiger partial charge is 0.497 e. The number of carbonyl (C=O) groups is 1. The lowest BCUT2D eigenvalue weighted by Gasteiger charge is -2.26. The maximum absolute atomic E-state index is 12.7. The number of carbonyl (C=O) groups excluding carboxylic acids is 1. The quantitative estimate of drug-likeness (QED) is 0.850. The number of nitrogens with one attached hydrogen (secondary N) is 1. The molecule has 142 valence electrons. The van der Waals surface area contributed by atoms with Crippen LogP contribution in [0.3, 0.4) is 0 Å². The molecule has 6 nitrogen and oxygen atoms in total. The molecule has 0 fully saturated rings. The van der Waals surface area contributed by atoms with Crippen molar-refractivity contribution < 1.29 is 9.53 Å². The molecule has 0 bridgehead atoms. The fourth-order valence-electron chi connectivity index (χ4n) is 3.15. The van der Waals surface area contributed by atoms with Gasteiger partial charge in [0.1, 0.15) is 17.4 Å². The van der Waals surface area contributed by atoms with E-state index in [-0.39, 0.29) is 23.1 Å². The molecular weight excluding hydrogens is 342 g/mol. The maximum Gasteiger partial charge on any atom is 0.266 e. The summed E-state index contributed by atoms with van der Waals surface area (Å²) in [5.41, 5.74) is 2.96. The molecule has 0 saturated carbocycles. The second-order valence-electron chi connectivity index (χ2n) is 6.62. The number of nitriles is 1. The summed E-state index contributed by atoms with van der Waals surface area (Å²) < 4.78 is 5.17. The second kappa shape index (κ2) is 8.54. The third-order valence-corrected chi connectivity index (χ3v) is 5.08. The van der Waals surface area contributed by atoms with Gasteiger partial charge in [-0.25, -0.2) is 0 Å². The van der Waals surface area contributed by atoms with Gasteiger partial charge in [0, 0.05) is 19.2 Å². The Kier molecular flexibility index (Phi) is 6.40. The molecule has 0 aliphatic carbocycles. The first-order valence-electron chi connectivity index (χ1n) is 8.82. The minimum absolute atomic E-state index is 0.00169. The number of amides is 1. The zero-order valence-electron chi connectivity index (χ0n) is 16.4. The van der Waals surface area contributed by atoms with Gasteiger partial charge in [-0.15, -0.1) is 0 Å². The number of pyridine rings is 1. The molecule has 1 atom stereocenters. The number of benzene rings is 1. The fraction of sp³-hybridized carbons (Fsp3) is 0.381. The number of H-pyrrole nitrogens is 1. The molecule has 1 amide bonds. The van der Waals surface area contributed by atoms with Crippen LogP contribution in [0.5, 0.6) is 5.75 Å². The van der Waals surface area contributed by atoms with Crippen LogP contribution >= 0.6 is 0 Å². The minimum atomic E-state index is -0.382. The van der Waals surface area contributed by atoms with Gasteiger partial charge in [0.05, 0.1) is 13.2 Å². The van der Waals surface area contributed by atoms with E-state index in [2.05, 4.69) is 4.98 Å². The van der Waals surface area contributed by atoms with E-state index in [0.717, 1.165) is 16.9 Å². The summed E-state index contributed by atoms with van der Waals surface area (Å²) in [6.45, 7) is 5.52. The topological polar surface area (TPSA) is 86.2 Å². The first-order chi connectivity index (χ1) is 12.8. The van der Waals surface area contributed by atoms with Crippen molar-refractivity contribution in [1.82, 2.24) is 9.88 Å². The van der Waals surface area contributed by atoms with E-state index >= 15 is 0 Å². The summed E-state index contributed by atoms with van der Waals surface area (Å²) in [5, 5.41) is 9.16. The Balaban J connectivity index is 2.11. The Bertz CT molecular complexity index is 923. The average Bonchev–Trinajstić information content (AvgIpc) is 2.66. The Morgan fingerprint density at radius 1 is 1.30 bits per heavy atom. The molecular formula is C21H25N3O3. The van der Waals surface area contributed by atoms with Crippen molar-refractivity contribution >= 4 is 5.91 Å². The molecule has 2 aromatic rings. The Morgan fingerprint density at radius 3 is 2.48 bits per heavy atom. The molecule has 1 aromatic heterocycles. The van der Waals surface area contributed by atoms with Crippen LogP contribution in [-0.2, 0) is 11.2 Å². The molecule has 6 heteroatoms. The minimum Gasteiger partial charge on any atom is -0.497 e. The first-order valence-corrected chi connectivity index (χ1v) is 8.82. The number of nitrogens with zero attached hydrogens (tertiary/aromatic N) is 2. The lowest BCUT2D eigenvalue weighted by atomic mass is 9.98. The highest BCUT2D eigenvalue weighted by Crippen LogP contribution is 2.23. The van der Waals surface area contributed by atoms with Crippen LogP contribution in [0.15, 0.2) is 29.1 Å². The van der Waals surface area contributed by atoms with Crippen molar-refractivity contribution in [2.75, 3.05) is 14.2 Å². The summed E-state index contributed by atoms with van der Waals surface area (Å²) >= 11 is 0. The SMILES string of the molecule is COc1ccc(C(C)N(C)C(=O)CCc2c(C)[nH]c(=O)c(C#N)c2C)cc1. The summed E-state index contributed by atoms with van der Waals surface area (Å²) in [5.74, 6) is 0.777. The van der Waals surface area contributed by atoms with Crippen molar-refractivity contribution in [2.24, 2.45) is 0 Å². The zero-order valence-corrected chi connectivity index (χ0v) is 16.4. The summed E-state index contributed by atoms with van der Waals surface area (Å²) in [7, 11) is 3.40. The number of aryl methyl sites for hydroxylation is 1. The van der Waals surface area contributed by atoms with Crippen molar-refractivity contribution in [2.45, 2.75) is 39.7 Å². The first kappa shape index (κ1) is 20.2. The number of rotatable bonds is 6. The average molecular weight is 367 g/mol. The van der Waals surface area contributed by atoms with Gasteiger partial charge >= 0.3 is 0 Å². The fourth-order valence-corrected chi connectivity index (χ4v) is 3.15. The van der Waals surface area contributed by atoms with Gasteiger partial charge in [-0.3, -0.25) is 9.59 Å². The van der Waals surface area contributed by atoms with Crippen LogP contribution in [-0.4, -0.2) is 29.9 Å². The number of ether oxygens (including phenoxy) is 1. The third-order valence-electron chi connectivity index (χ3n) is 5.08. The highest BCUT2D eigenvalue weighted by Gasteiger charge is 2.19. The summed E-state index contributed by atoms with van der Waals surface area (Å²) in [6, 6.07) is 9.51. The van der Waals surface area contributed by atoms with Crippen molar-refractivity contribution in [3.63, 3.8) is 0 Å². The second-order valence-corrected chi connectivity index (χ2v) is 6.62. The van der Waals surface area contributed by atoms with E-state index in [1.54, 1.807) is 32.9 Å². The molecule has 27 heavy (non-hydrogen) atoms. The van der Waals surface area contributed by atoms with Crippen LogP contribution in [0.1, 0.15) is 47.3 Å². The van der Waals surface area contributed by atoms with Gasteiger partial charge in [0.25, 0.3) is 5.56 Å². The highest BCUT2D eigenvalue weighted by atomic mass is 16.5. The number of methoxy groups -OCH3 is 1. The van der Waals surface area contributed by atoms with E-state index in [9.17, 15) is 9.59 Å². The van der Waals surface area contributed by atoms with Gasteiger partial charge in [-0.2, -0.15) is 5.26 Å². The number of aromatic nitrogens is 1. The number of hydrogen-bond donors (Lipinski definition) is 1. The molecule has 1 unspecified atom stereocenters. The number of hydrogen-bond acceptors (Lipinski definition) is 4. The van der Waals surface area contributed by atoms with E-state index in [4.69, 9.17) is 10.00 Å². The van der Waals surface area contributed by atoms with E-state index in [1.807, 2.05) is 37.3 Å². The van der Waals surface area contributed by atoms with Crippen molar-refractivity contribution in [3.8, 4) is 11.8 Å². The zero-order chi connectivity index (χ0) is 20.1. The standard InChI is InChI=1S/C21H25N3O3/c1-13-18(14(2)23-21(26)19(13)12-22)10-11-20(25)24(4)15(3)16-6-8-17(27-5)9-7-16/h6-9,15H,10-11H2,1-5H3,(H,23,26). The smallest absolute Gasteiger partial charge is 0.266 e. The molecule has 1 heterocycles. The van der Waals surface area contributed by atoms with Crippen LogP contribution < -0.4 is 10.3 Å². The van der Waals surface area contributed by atoms with Gasteiger partial charge in [0.15, 0.2) is 0 Å². The lowest BCUT2D eigenvalue weighted by molar-refractivity contribution is -0.131. The molecule has 0 spiro atoms.